The summed E-state index contributed by atoms with van der Waals surface area (Å²) >= 11 is 0. The number of esters is 1. The number of nitrogens with zero attached hydrogens (tertiary/aromatic N) is 2. The topological polar surface area (TPSA) is 62.1 Å². The van der Waals surface area contributed by atoms with E-state index in [0.717, 1.165) is 48.5 Å². The van der Waals surface area contributed by atoms with Gasteiger partial charge in [-0.05, 0) is 63.8 Å². The molecule has 6 nitrogen and oxygen atoms in total. The molecule has 3 heterocycles. The van der Waals surface area contributed by atoms with Gasteiger partial charge in [0.1, 0.15) is 11.3 Å². The van der Waals surface area contributed by atoms with E-state index in [9.17, 15) is 4.79 Å². The third-order valence-electron chi connectivity index (χ3n) is 5.28. The highest BCUT2D eigenvalue weighted by Crippen LogP contribution is 2.40. The Balaban J connectivity index is 1.86. The largest absolute Gasteiger partial charge is 0.498 e. The van der Waals surface area contributed by atoms with E-state index >= 15 is 0 Å². The van der Waals surface area contributed by atoms with Crippen molar-refractivity contribution in [1.82, 2.24) is 9.38 Å². The number of methoxy groups -OCH3 is 1. The van der Waals surface area contributed by atoms with Crippen LogP contribution in [0.5, 0.6) is 0 Å². The molecule has 0 radical (unpaired) electrons. The molecular weight excluding hydrogens is 368 g/mol. The number of hydrogen-bond acceptors (Lipinski definition) is 5. The second-order valence-electron chi connectivity index (χ2n) is 8.56. The first-order valence-electron chi connectivity index (χ1n) is 10.1. The summed E-state index contributed by atoms with van der Waals surface area (Å²) in [4.78, 5) is 17.5. The van der Waals surface area contributed by atoms with Crippen molar-refractivity contribution in [2.75, 3.05) is 13.7 Å². The first-order chi connectivity index (χ1) is 13.9. The van der Waals surface area contributed by atoms with Crippen LogP contribution in [0, 0.1) is 5.92 Å². The Morgan fingerprint density at radius 2 is 2.14 bits per heavy atom. The molecule has 0 N–H and O–H groups in total. The molecule has 0 spiro atoms. The van der Waals surface area contributed by atoms with Gasteiger partial charge in [-0.25, -0.2) is 9.78 Å². The molecule has 0 bridgehead atoms. The standard InChI is InChI=1S/C23H28N2O4/c1-23(2,3)29-21(22(26)27-4)19-20(25-12-6-5-9-18(25)24-19)16-10-11-17-15(14-16)8-7-13-28-17/h5-6,9-12,15,21H,7-8,13-14H2,1-4H3. The highest BCUT2D eigenvalue weighted by Gasteiger charge is 2.35. The lowest BCUT2D eigenvalue weighted by Crippen LogP contribution is -2.29. The minimum atomic E-state index is -0.899. The van der Waals surface area contributed by atoms with Gasteiger partial charge in [0, 0.05) is 12.1 Å². The van der Waals surface area contributed by atoms with Crippen molar-refractivity contribution in [2.24, 2.45) is 5.92 Å². The number of imidazole rings is 1. The summed E-state index contributed by atoms with van der Waals surface area (Å²) in [6.45, 7) is 6.56. The van der Waals surface area contributed by atoms with Gasteiger partial charge in [0.25, 0.3) is 0 Å². The number of aromatic nitrogens is 2. The Bertz CT molecular complexity index is 980. The summed E-state index contributed by atoms with van der Waals surface area (Å²) < 4.78 is 19.1. The summed E-state index contributed by atoms with van der Waals surface area (Å²) in [6.07, 6.45) is 8.24. The number of allylic oxidation sites excluding steroid dienone is 4. The number of rotatable bonds is 4. The second kappa shape index (κ2) is 7.67. The van der Waals surface area contributed by atoms with E-state index in [1.165, 1.54) is 7.11 Å². The quantitative estimate of drug-likeness (QED) is 0.714. The average molecular weight is 396 g/mol. The zero-order chi connectivity index (χ0) is 20.6. The van der Waals surface area contributed by atoms with E-state index in [1.807, 2.05) is 49.6 Å². The van der Waals surface area contributed by atoms with Crippen LogP contribution >= 0.6 is 0 Å². The predicted octanol–water partition coefficient (Wildman–Crippen LogP) is 4.46. The molecule has 0 saturated carbocycles. The summed E-state index contributed by atoms with van der Waals surface area (Å²) in [7, 11) is 1.38. The Hall–Kier alpha value is -2.60. The van der Waals surface area contributed by atoms with Crippen LogP contribution in [0.15, 0.2) is 42.3 Å². The van der Waals surface area contributed by atoms with Crippen molar-refractivity contribution in [3.05, 3.63) is 53.7 Å². The highest BCUT2D eigenvalue weighted by atomic mass is 16.6. The molecular formula is C23H28N2O4. The highest BCUT2D eigenvalue weighted by molar-refractivity contribution is 5.80. The summed E-state index contributed by atoms with van der Waals surface area (Å²) in [5, 5.41) is 0. The van der Waals surface area contributed by atoms with Crippen molar-refractivity contribution in [3.63, 3.8) is 0 Å². The lowest BCUT2D eigenvalue weighted by molar-refractivity contribution is -0.164. The van der Waals surface area contributed by atoms with Crippen molar-refractivity contribution in [2.45, 2.75) is 51.7 Å². The fourth-order valence-corrected chi connectivity index (χ4v) is 4.05. The molecule has 1 aliphatic carbocycles. The number of pyridine rings is 1. The SMILES string of the molecule is COC(=O)C(OC(C)(C)C)c1nc2ccccn2c1C1=CC=C2OCCCC2C1. The van der Waals surface area contributed by atoms with Gasteiger partial charge in [-0.1, -0.05) is 12.1 Å². The van der Waals surface area contributed by atoms with Gasteiger partial charge in [-0.3, -0.25) is 4.40 Å². The fraction of sp³-hybridized carbons (Fsp3) is 0.478. The van der Waals surface area contributed by atoms with E-state index in [-0.39, 0.29) is 0 Å². The van der Waals surface area contributed by atoms with Crippen molar-refractivity contribution in [1.29, 1.82) is 0 Å². The van der Waals surface area contributed by atoms with Gasteiger partial charge in [0.15, 0.2) is 6.10 Å². The molecule has 29 heavy (non-hydrogen) atoms. The molecule has 0 amide bonds. The first-order valence-corrected chi connectivity index (χ1v) is 10.1. The van der Waals surface area contributed by atoms with Crippen LogP contribution in [0.25, 0.3) is 11.2 Å². The maximum atomic E-state index is 12.7. The minimum Gasteiger partial charge on any atom is -0.498 e. The molecule has 1 aliphatic heterocycles. The summed E-state index contributed by atoms with van der Waals surface area (Å²) in [6, 6.07) is 5.84. The number of ether oxygens (including phenoxy) is 3. The number of carbonyl (C=O) groups excluding carboxylic acids is 1. The zero-order valence-electron chi connectivity index (χ0n) is 17.5. The Morgan fingerprint density at radius 3 is 2.90 bits per heavy atom. The molecule has 4 rings (SSSR count). The summed E-state index contributed by atoms with van der Waals surface area (Å²) in [5.41, 5.74) is 2.87. The van der Waals surface area contributed by atoms with E-state index < -0.39 is 17.7 Å². The lowest BCUT2D eigenvalue weighted by Gasteiger charge is -2.30. The molecule has 2 aliphatic rings. The van der Waals surface area contributed by atoms with Gasteiger partial charge in [-0.2, -0.15) is 0 Å². The van der Waals surface area contributed by atoms with E-state index in [0.29, 0.717) is 11.6 Å². The van der Waals surface area contributed by atoms with Gasteiger partial charge in [-0.15, -0.1) is 0 Å². The Labute approximate surface area is 171 Å². The van der Waals surface area contributed by atoms with Crippen LogP contribution in [0.2, 0.25) is 0 Å². The van der Waals surface area contributed by atoms with Gasteiger partial charge in [0.2, 0.25) is 0 Å². The van der Waals surface area contributed by atoms with Crippen LogP contribution in [0.3, 0.4) is 0 Å². The van der Waals surface area contributed by atoms with E-state index in [1.54, 1.807) is 0 Å². The van der Waals surface area contributed by atoms with Crippen LogP contribution in [-0.4, -0.2) is 34.7 Å². The smallest absolute Gasteiger partial charge is 0.341 e. The molecule has 2 aromatic heterocycles. The molecule has 6 heteroatoms. The molecule has 1 saturated heterocycles. The van der Waals surface area contributed by atoms with Gasteiger partial charge >= 0.3 is 5.97 Å². The average Bonchev–Trinajstić information content (AvgIpc) is 3.09. The molecule has 2 unspecified atom stereocenters. The first kappa shape index (κ1) is 19.7. The van der Waals surface area contributed by atoms with Crippen molar-refractivity contribution < 1.29 is 19.0 Å². The molecule has 0 aromatic carbocycles. The van der Waals surface area contributed by atoms with E-state index in [2.05, 4.69) is 12.2 Å². The Morgan fingerprint density at radius 1 is 1.31 bits per heavy atom. The predicted molar refractivity (Wildman–Crippen MR) is 110 cm³/mol. The Kier molecular flexibility index (Phi) is 5.21. The van der Waals surface area contributed by atoms with E-state index in [4.69, 9.17) is 19.2 Å². The van der Waals surface area contributed by atoms with Crippen molar-refractivity contribution >= 4 is 17.2 Å². The molecule has 1 fully saturated rings. The van der Waals surface area contributed by atoms with Crippen LogP contribution in [0.1, 0.15) is 57.5 Å². The molecule has 2 atom stereocenters. The van der Waals surface area contributed by atoms with Crippen LogP contribution in [-0.2, 0) is 19.0 Å². The van der Waals surface area contributed by atoms with Crippen LogP contribution in [0.4, 0.5) is 0 Å². The third-order valence-corrected chi connectivity index (χ3v) is 5.28. The minimum absolute atomic E-state index is 0.367. The van der Waals surface area contributed by atoms with Crippen molar-refractivity contribution in [3.8, 4) is 0 Å². The lowest BCUT2D eigenvalue weighted by atomic mass is 9.85. The zero-order valence-corrected chi connectivity index (χ0v) is 17.5. The van der Waals surface area contributed by atoms with Gasteiger partial charge in [0.05, 0.1) is 30.8 Å². The summed E-state index contributed by atoms with van der Waals surface area (Å²) in [5.74, 6) is 0.982. The fourth-order valence-electron chi connectivity index (χ4n) is 4.05. The number of hydrogen-bond donors (Lipinski definition) is 0. The van der Waals surface area contributed by atoms with Gasteiger partial charge < -0.3 is 14.2 Å². The number of fused-ring (bicyclic) bond motifs is 2. The molecule has 2 aromatic rings. The maximum absolute atomic E-state index is 12.7. The maximum Gasteiger partial charge on any atom is 0.341 e. The second-order valence-corrected chi connectivity index (χ2v) is 8.56. The monoisotopic (exact) mass is 396 g/mol. The molecule has 154 valence electrons. The van der Waals surface area contributed by atoms with Crippen LogP contribution < -0.4 is 0 Å². The number of carbonyl (C=O) groups is 1. The third kappa shape index (κ3) is 3.94. The normalized spacial score (nSPS) is 20.3.